The standard InChI is InChI=1S/C12H16FN3/c1-3-8-15-12(14-2)16-9-10-6-4-5-7-11(10)13/h3-7H,1,8-9H2,2H3,(H2,14,15,16). The maximum absolute atomic E-state index is 13.3. The van der Waals surface area contributed by atoms with Gasteiger partial charge in [-0.15, -0.1) is 6.58 Å². The van der Waals surface area contributed by atoms with Crippen molar-refractivity contribution in [2.24, 2.45) is 4.99 Å². The van der Waals surface area contributed by atoms with Crippen LogP contribution in [-0.4, -0.2) is 19.6 Å². The van der Waals surface area contributed by atoms with Gasteiger partial charge in [0, 0.05) is 25.7 Å². The van der Waals surface area contributed by atoms with E-state index >= 15 is 0 Å². The van der Waals surface area contributed by atoms with Crippen LogP contribution in [0, 0.1) is 5.82 Å². The van der Waals surface area contributed by atoms with Crippen LogP contribution in [0.2, 0.25) is 0 Å². The van der Waals surface area contributed by atoms with Crippen LogP contribution in [0.15, 0.2) is 41.9 Å². The first-order chi connectivity index (χ1) is 7.77. The minimum Gasteiger partial charge on any atom is -0.353 e. The number of rotatable bonds is 4. The fraction of sp³-hybridized carbons (Fsp3) is 0.250. The van der Waals surface area contributed by atoms with Crippen molar-refractivity contribution in [1.82, 2.24) is 10.6 Å². The monoisotopic (exact) mass is 221 g/mol. The molecule has 0 aliphatic carbocycles. The Balaban J connectivity index is 2.50. The van der Waals surface area contributed by atoms with Crippen LogP contribution in [-0.2, 0) is 6.54 Å². The largest absolute Gasteiger partial charge is 0.353 e. The zero-order valence-corrected chi connectivity index (χ0v) is 9.33. The van der Waals surface area contributed by atoms with Crippen molar-refractivity contribution >= 4 is 5.96 Å². The third-order valence-electron chi connectivity index (χ3n) is 2.04. The molecule has 0 aliphatic rings. The van der Waals surface area contributed by atoms with Crippen LogP contribution in [0.5, 0.6) is 0 Å². The van der Waals surface area contributed by atoms with Gasteiger partial charge in [-0.1, -0.05) is 24.3 Å². The average Bonchev–Trinajstić information content (AvgIpc) is 2.31. The molecule has 0 saturated heterocycles. The van der Waals surface area contributed by atoms with E-state index in [-0.39, 0.29) is 5.82 Å². The lowest BCUT2D eigenvalue weighted by atomic mass is 10.2. The molecule has 0 bridgehead atoms. The molecule has 0 fully saturated rings. The molecule has 0 atom stereocenters. The van der Waals surface area contributed by atoms with Crippen molar-refractivity contribution in [2.45, 2.75) is 6.54 Å². The summed E-state index contributed by atoms with van der Waals surface area (Å²) in [5, 5.41) is 6.02. The quantitative estimate of drug-likeness (QED) is 0.461. The molecule has 4 heteroatoms. The Labute approximate surface area is 95.1 Å². The molecule has 3 nitrogen and oxygen atoms in total. The minimum atomic E-state index is -0.214. The third-order valence-corrected chi connectivity index (χ3v) is 2.04. The first-order valence-electron chi connectivity index (χ1n) is 5.06. The number of guanidine groups is 1. The Hall–Kier alpha value is -1.84. The lowest BCUT2D eigenvalue weighted by molar-refractivity contribution is 0.605. The Morgan fingerprint density at radius 1 is 1.44 bits per heavy atom. The second kappa shape index (κ2) is 6.61. The normalized spacial score (nSPS) is 11.0. The van der Waals surface area contributed by atoms with Crippen molar-refractivity contribution in [2.75, 3.05) is 13.6 Å². The fourth-order valence-electron chi connectivity index (χ4n) is 1.21. The Morgan fingerprint density at radius 3 is 2.81 bits per heavy atom. The van der Waals surface area contributed by atoms with Crippen LogP contribution in [0.25, 0.3) is 0 Å². The highest BCUT2D eigenvalue weighted by molar-refractivity contribution is 5.79. The van der Waals surface area contributed by atoms with Crippen molar-refractivity contribution in [3.05, 3.63) is 48.3 Å². The van der Waals surface area contributed by atoms with Gasteiger partial charge < -0.3 is 10.6 Å². The van der Waals surface area contributed by atoms with Crippen LogP contribution in [0.3, 0.4) is 0 Å². The number of aliphatic imine (C=N–C) groups is 1. The van der Waals surface area contributed by atoms with E-state index in [9.17, 15) is 4.39 Å². The molecule has 0 amide bonds. The molecule has 0 spiro atoms. The summed E-state index contributed by atoms with van der Waals surface area (Å²) in [4.78, 5) is 3.99. The number of hydrogen-bond acceptors (Lipinski definition) is 1. The molecule has 0 aliphatic heterocycles. The summed E-state index contributed by atoms with van der Waals surface area (Å²) in [6.07, 6.45) is 1.73. The zero-order chi connectivity index (χ0) is 11.8. The predicted molar refractivity (Wildman–Crippen MR) is 64.8 cm³/mol. The molecule has 0 saturated carbocycles. The number of nitrogens with one attached hydrogen (secondary N) is 2. The van der Waals surface area contributed by atoms with E-state index in [0.717, 1.165) is 0 Å². The molecule has 1 rings (SSSR count). The number of hydrogen-bond donors (Lipinski definition) is 2. The molecular formula is C12H16FN3. The SMILES string of the molecule is C=CCNC(=NC)NCc1ccccc1F. The summed E-state index contributed by atoms with van der Waals surface area (Å²) >= 11 is 0. The molecule has 0 radical (unpaired) electrons. The van der Waals surface area contributed by atoms with E-state index in [2.05, 4.69) is 22.2 Å². The highest BCUT2D eigenvalue weighted by Crippen LogP contribution is 2.05. The van der Waals surface area contributed by atoms with Crippen molar-refractivity contribution in [3.63, 3.8) is 0 Å². The maximum Gasteiger partial charge on any atom is 0.191 e. The average molecular weight is 221 g/mol. The highest BCUT2D eigenvalue weighted by Gasteiger charge is 2.01. The van der Waals surface area contributed by atoms with Gasteiger partial charge in [0.1, 0.15) is 5.82 Å². The predicted octanol–water partition coefficient (Wildman–Crippen LogP) is 1.68. The molecule has 1 aromatic carbocycles. The van der Waals surface area contributed by atoms with E-state index < -0.39 is 0 Å². The van der Waals surface area contributed by atoms with Gasteiger partial charge in [0.15, 0.2) is 5.96 Å². The topological polar surface area (TPSA) is 36.4 Å². The van der Waals surface area contributed by atoms with Crippen LogP contribution in [0.4, 0.5) is 4.39 Å². The summed E-state index contributed by atoms with van der Waals surface area (Å²) in [5.41, 5.74) is 0.615. The molecular weight excluding hydrogens is 205 g/mol. The maximum atomic E-state index is 13.3. The number of halogens is 1. The molecule has 2 N–H and O–H groups in total. The summed E-state index contributed by atoms with van der Waals surface area (Å²) < 4.78 is 13.3. The Kier molecular flexibility index (Phi) is 5.05. The van der Waals surface area contributed by atoms with E-state index in [1.165, 1.54) is 6.07 Å². The molecule has 16 heavy (non-hydrogen) atoms. The van der Waals surface area contributed by atoms with Gasteiger partial charge >= 0.3 is 0 Å². The van der Waals surface area contributed by atoms with Gasteiger partial charge in [-0.25, -0.2) is 4.39 Å². The summed E-state index contributed by atoms with van der Waals surface area (Å²) in [6.45, 7) is 4.62. The lowest BCUT2D eigenvalue weighted by Crippen LogP contribution is -2.36. The minimum absolute atomic E-state index is 0.214. The molecule has 86 valence electrons. The van der Waals surface area contributed by atoms with Gasteiger partial charge in [0.2, 0.25) is 0 Å². The van der Waals surface area contributed by atoms with Gasteiger partial charge in [0.25, 0.3) is 0 Å². The summed E-state index contributed by atoms with van der Waals surface area (Å²) in [7, 11) is 1.67. The number of nitrogens with zero attached hydrogens (tertiary/aromatic N) is 1. The summed E-state index contributed by atoms with van der Waals surface area (Å²) in [5.74, 6) is 0.414. The first-order valence-corrected chi connectivity index (χ1v) is 5.06. The summed E-state index contributed by atoms with van der Waals surface area (Å²) in [6, 6.07) is 6.66. The lowest BCUT2D eigenvalue weighted by Gasteiger charge is -2.10. The van der Waals surface area contributed by atoms with Crippen molar-refractivity contribution in [1.29, 1.82) is 0 Å². The van der Waals surface area contributed by atoms with Crippen molar-refractivity contribution < 1.29 is 4.39 Å². The molecule has 0 aromatic heterocycles. The van der Waals surface area contributed by atoms with Gasteiger partial charge in [0.05, 0.1) is 0 Å². The van der Waals surface area contributed by atoms with Gasteiger partial charge in [-0.05, 0) is 6.07 Å². The smallest absolute Gasteiger partial charge is 0.191 e. The molecule has 1 aromatic rings. The van der Waals surface area contributed by atoms with Gasteiger partial charge in [-0.2, -0.15) is 0 Å². The van der Waals surface area contributed by atoms with E-state index in [1.807, 2.05) is 0 Å². The second-order valence-corrected chi connectivity index (χ2v) is 3.19. The molecule has 0 heterocycles. The van der Waals surface area contributed by atoms with E-state index in [0.29, 0.717) is 24.6 Å². The van der Waals surface area contributed by atoms with Crippen molar-refractivity contribution in [3.8, 4) is 0 Å². The third kappa shape index (κ3) is 3.73. The first kappa shape index (κ1) is 12.2. The number of benzene rings is 1. The highest BCUT2D eigenvalue weighted by atomic mass is 19.1. The molecule has 0 unspecified atom stereocenters. The fourth-order valence-corrected chi connectivity index (χ4v) is 1.21. The van der Waals surface area contributed by atoms with Crippen LogP contribution in [0.1, 0.15) is 5.56 Å². The van der Waals surface area contributed by atoms with Crippen LogP contribution < -0.4 is 10.6 Å². The van der Waals surface area contributed by atoms with Gasteiger partial charge in [-0.3, -0.25) is 4.99 Å². The van der Waals surface area contributed by atoms with E-state index in [4.69, 9.17) is 0 Å². The Bertz CT molecular complexity index is 374. The van der Waals surface area contributed by atoms with E-state index in [1.54, 1.807) is 31.3 Å². The van der Waals surface area contributed by atoms with Crippen LogP contribution >= 0.6 is 0 Å². The zero-order valence-electron chi connectivity index (χ0n) is 9.33. The Morgan fingerprint density at radius 2 is 2.19 bits per heavy atom. The second-order valence-electron chi connectivity index (χ2n) is 3.19.